The minimum atomic E-state index is 0.596. The minimum Gasteiger partial charge on any atom is -0.264 e. The van der Waals surface area contributed by atoms with Crippen LogP contribution in [0.3, 0.4) is 0 Å². The predicted octanol–water partition coefficient (Wildman–Crippen LogP) is 3.62. The van der Waals surface area contributed by atoms with E-state index in [2.05, 4.69) is 38.7 Å². The van der Waals surface area contributed by atoms with Crippen LogP contribution in [0.15, 0.2) is 24.5 Å². The Morgan fingerprint density at radius 2 is 1.92 bits per heavy atom. The Bertz CT molecular complexity index is 179. The SMILES string of the molecule is CC(C)c1cccnc1.CCC. The van der Waals surface area contributed by atoms with Crippen molar-refractivity contribution in [2.45, 2.75) is 40.0 Å². The fourth-order valence-electron chi connectivity index (χ4n) is 0.717. The van der Waals surface area contributed by atoms with Gasteiger partial charge in [-0.2, -0.15) is 0 Å². The summed E-state index contributed by atoms with van der Waals surface area (Å²) in [6, 6.07) is 4.06. The maximum atomic E-state index is 4.01. The fourth-order valence-corrected chi connectivity index (χ4v) is 0.717. The van der Waals surface area contributed by atoms with Crippen molar-refractivity contribution in [3.8, 4) is 0 Å². The van der Waals surface area contributed by atoms with Crippen molar-refractivity contribution in [2.75, 3.05) is 0 Å². The Morgan fingerprint density at radius 1 is 1.33 bits per heavy atom. The van der Waals surface area contributed by atoms with Gasteiger partial charge in [0.25, 0.3) is 0 Å². The molecule has 0 spiro atoms. The molecule has 1 aromatic rings. The van der Waals surface area contributed by atoms with E-state index in [1.165, 1.54) is 12.0 Å². The van der Waals surface area contributed by atoms with E-state index in [1.54, 1.807) is 6.20 Å². The van der Waals surface area contributed by atoms with Gasteiger partial charge in [0.15, 0.2) is 0 Å². The first-order valence-corrected chi connectivity index (χ1v) is 4.62. The third-order valence-corrected chi connectivity index (χ3v) is 1.35. The van der Waals surface area contributed by atoms with Gasteiger partial charge in [0.05, 0.1) is 0 Å². The zero-order valence-electron chi connectivity index (χ0n) is 8.54. The van der Waals surface area contributed by atoms with Gasteiger partial charge in [-0.05, 0) is 17.5 Å². The highest BCUT2D eigenvalue weighted by Gasteiger charge is 1.94. The smallest absolute Gasteiger partial charge is 0.0302 e. The van der Waals surface area contributed by atoms with E-state index in [4.69, 9.17) is 0 Å². The molecule has 1 rings (SSSR count). The molecule has 12 heavy (non-hydrogen) atoms. The largest absolute Gasteiger partial charge is 0.264 e. The maximum absolute atomic E-state index is 4.01. The maximum Gasteiger partial charge on any atom is 0.0302 e. The highest BCUT2D eigenvalue weighted by molar-refractivity contribution is 5.12. The van der Waals surface area contributed by atoms with Crippen LogP contribution in [0.1, 0.15) is 45.6 Å². The van der Waals surface area contributed by atoms with Gasteiger partial charge >= 0.3 is 0 Å². The monoisotopic (exact) mass is 165 g/mol. The highest BCUT2D eigenvalue weighted by Crippen LogP contribution is 2.10. The number of hydrogen-bond donors (Lipinski definition) is 0. The van der Waals surface area contributed by atoms with Gasteiger partial charge in [-0.25, -0.2) is 0 Å². The van der Waals surface area contributed by atoms with E-state index in [0.717, 1.165) is 0 Å². The zero-order chi connectivity index (χ0) is 9.40. The molecule has 0 atom stereocenters. The lowest BCUT2D eigenvalue weighted by Crippen LogP contribution is -1.85. The second-order valence-electron chi connectivity index (χ2n) is 3.15. The average molecular weight is 165 g/mol. The molecule has 0 saturated heterocycles. The predicted molar refractivity (Wildman–Crippen MR) is 54.3 cm³/mol. The standard InChI is InChI=1S/C8H11N.C3H8/c1-7(2)8-4-3-5-9-6-8;1-3-2/h3-7H,1-2H3;3H2,1-2H3. The summed E-state index contributed by atoms with van der Waals surface area (Å²) in [5, 5.41) is 0. The summed E-state index contributed by atoms with van der Waals surface area (Å²) in [5.41, 5.74) is 1.30. The molecule has 0 bridgehead atoms. The molecule has 0 saturated carbocycles. The normalized spacial score (nSPS) is 9.08. The van der Waals surface area contributed by atoms with Crippen molar-refractivity contribution in [3.05, 3.63) is 30.1 Å². The second kappa shape index (κ2) is 6.84. The number of nitrogens with zero attached hydrogens (tertiary/aromatic N) is 1. The lowest BCUT2D eigenvalue weighted by atomic mass is 10.1. The Hall–Kier alpha value is -0.850. The lowest BCUT2D eigenvalue weighted by molar-refractivity contribution is 0.858. The van der Waals surface area contributed by atoms with Crippen LogP contribution in [0.2, 0.25) is 0 Å². The topological polar surface area (TPSA) is 12.9 Å². The van der Waals surface area contributed by atoms with Crippen molar-refractivity contribution in [3.63, 3.8) is 0 Å². The van der Waals surface area contributed by atoms with Crippen LogP contribution < -0.4 is 0 Å². The van der Waals surface area contributed by atoms with Crippen LogP contribution in [0.5, 0.6) is 0 Å². The first-order valence-electron chi connectivity index (χ1n) is 4.62. The molecule has 0 aliphatic heterocycles. The Morgan fingerprint density at radius 3 is 2.17 bits per heavy atom. The molecule has 0 aliphatic rings. The minimum absolute atomic E-state index is 0.596. The number of aromatic nitrogens is 1. The van der Waals surface area contributed by atoms with E-state index in [1.807, 2.05) is 12.3 Å². The molecular formula is C11H19N. The number of pyridine rings is 1. The summed E-state index contributed by atoms with van der Waals surface area (Å²) in [6.07, 6.45) is 4.95. The van der Waals surface area contributed by atoms with Crippen LogP contribution in [-0.4, -0.2) is 4.98 Å². The van der Waals surface area contributed by atoms with Crippen molar-refractivity contribution in [2.24, 2.45) is 0 Å². The van der Waals surface area contributed by atoms with Crippen LogP contribution >= 0.6 is 0 Å². The van der Waals surface area contributed by atoms with Gasteiger partial charge in [0.1, 0.15) is 0 Å². The molecule has 68 valence electrons. The molecule has 0 fully saturated rings. The van der Waals surface area contributed by atoms with Gasteiger partial charge in [-0.1, -0.05) is 40.2 Å². The van der Waals surface area contributed by atoms with Gasteiger partial charge in [0.2, 0.25) is 0 Å². The van der Waals surface area contributed by atoms with Gasteiger partial charge in [-0.3, -0.25) is 4.98 Å². The molecule has 0 aliphatic carbocycles. The second-order valence-corrected chi connectivity index (χ2v) is 3.15. The van der Waals surface area contributed by atoms with Crippen LogP contribution in [0, 0.1) is 0 Å². The summed E-state index contributed by atoms with van der Waals surface area (Å²) in [6.45, 7) is 8.58. The van der Waals surface area contributed by atoms with E-state index >= 15 is 0 Å². The molecule has 1 aromatic heterocycles. The van der Waals surface area contributed by atoms with Gasteiger partial charge in [-0.15, -0.1) is 0 Å². The molecule has 1 heterocycles. The van der Waals surface area contributed by atoms with Gasteiger partial charge in [0, 0.05) is 12.4 Å². The number of hydrogen-bond acceptors (Lipinski definition) is 1. The molecule has 0 amide bonds. The highest BCUT2D eigenvalue weighted by atomic mass is 14.6. The Labute approximate surface area is 75.8 Å². The zero-order valence-corrected chi connectivity index (χ0v) is 8.54. The molecule has 0 radical (unpaired) electrons. The Kier molecular flexibility index (Phi) is 6.35. The summed E-state index contributed by atoms with van der Waals surface area (Å²) in [5.74, 6) is 0.596. The fraction of sp³-hybridized carbons (Fsp3) is 0.545. The van der Waals surface area contributed by atoms with E-state index in [0.29, 0.717) is 5.92 Å². The summed E-state index contributed by atoms with van der Waals surface area (Å²) < 4.78 is 0. The molecule has 0 unspecified atom stereocenters. The molecular weight excluding hydrogens is 146 g/mol. The summed E-state index contributed by atoms with van der Waals surface area (Å²) >= 11 is 0. The first-order chi connectivity index (χ1) is 5.72. The van der Waals surface area contributed by atoms with Crippen molar-refractivity contribution < 1.29 is 0 Å². The third kappa shape index (κ3) is 4.89. The number of rotatable bonds is 1. The summed E-state index contributed by atoms with van der Waals surface area (Å²) in [7, 11) is 0. The molecule has 1 heteroatoms. The third-order valence-electron chi connectivity index (χ3n) is 1.35. The molecule has 0 N–H and O–H groups in total. The van der Waals surface area contributed by atoms with E-state index < -0.39 is 0 Å². The van der Waals surface area contributed by atoms with Crippen molar-refractivity contribution >= 4 is 0 Å². The van der Waals surface area contributed by atoms with Crippen LogP contribution in [0.4, 0.5) is 0 Å². The van der Waals surface area contributed by atoms with Gasteiger partial charge < -0.3 is 0 Å². The van der Waals surface area contributed by atoms with E-state index in [-0.39, 0.29) is 0 Å². The Balaban J connectivity index is 0.000000354. The van der Waals surface area contributed by atoms with E-state index in [9.17, 15) is 0 Å². The molecule has 0 aromatic carbocycles. The summed E-state index contributed by atoms with van der Waals surface area (Å²) in [4.78, 5) is 4.01. The average Bonchev–Trinajstić information content (AvgIpc) is 2.07. The molecule has 1 nitrogen and oxygen atoms in total. The quantitative estimate of drug-likeness (QED) is 0.619. The van der Waals surface area contributed by atoms with Crippen LogP contribution in [0.25, 0.3) is 0 Å². The van der Waals surface area contributed by atoms with Crippen LogP contribution in [-0.2, 0) is 0 Å². The van der Waals surface area contributed by atoms with Crippen molar-refractivity contribution in [1.29, 1.82) is 0 Å². The lowest BCUT2D eigenvalue weighted by Gasteiger charge is -2.00. The first kappa shape index (κ1) is 11.2. The van der Waals surface area contributed by atoms with Crippen molar-refractivity contribution in [1.82, 2.24) is 4.98 Å².